The molecule has 0 fully saturated rings. The van der Waals surface area contributed by atoms with E-state index < -0.39 is 0 Å². The van der Waals surface area contributed by atoms with Gasteiger partial charge in [0.15, 0.2) is 0 Å². The zero-order valence-electron chi connectivity index (χ0n) is 23.3. The predicted octanol–water partition coefficient (Wildman–Crippen LogP) is 9.43. The number of para-hydroxylation sites is 2. The van der Waals surface area contributed by atoms with Gasteiger partial charge in [-0.15, -0.1) is 0 Å². The van der Waals surface area contributed by atoms with Gasteiger partial charge in [0, 0.05) is 32.7 Å². The van der Waals surface area contributed by atoms with Crippen molar-refractivity contribution < 1.29 is 0 Å². The minimum Gasteiger partial charge on any atom is -0.307 e. The summed E-state index contributed by atoms with van der Waals surface area (Å²) in [6, 6.07) is 40.6. The summed E-state index contributed by atoms with van der Waals surface area (Å²) in [5.74, 6) is 0. The van der Waals surface area contributed by atoms with E-state index in [1.165, 1.54) is 32.7 Å². The van der Waals surface area contributed by atoms with Crippen LogP contribution in [0.1, 0.15) is 16.7 Å². The van der Waals surface area contributed by atoms with Gasteiger partial charge in [-0.3, -0.25) is 4.98 Å². The average molecular weight is 539 g/mol. The molecule has 0 N–H and O–H groups in total. The van der Waals surface area contributed by atoms with Gasteiger partial charge in [-0.2, -0.15) is 5.26 Å². The van der Waals surface area contributed by atoms with Crippen LogP contribution in [0.4, 0.5) is 0 Å². The van der Waals surface area contributed by atoms with Gasteiger partial charge in [-0.25, -0.2) is 0 Å². The van der Waals surface area contributed by atoms with E-state index in [2.05, 4.69) is 120 Å². The summed E-state index contributed by atoms with van der Waals surface area (Å²) in [6.07, 6.45) is 3.88. The molecule has 3 aromatic heterocycles. The molecule has 0 spiro atoms. The highest BCUT2D eigenvalue weighted by Gasteiger charge is 2.23. The molecule has 8 rings (SSSR count). The normalized spacial score (nSPS) is 11.5. The minimum absolute atomic E-state index is 0.624. The third-order valence-electron chi connectivity index (χ3n) is 8.36. The Hall–Kier alpha value is -5.66. The minimum atomic E-state index is 0.624. The number of nitriles is 1. The summed E-state index contributed by atoms with van der Waals surface area (Å²) in [6.45, 7) is 4.26. The lowest BCUT2D eigenvalue weighted by Crippen LogP contribution is -2.05. The van der Waals surface area contributed by atoms with E-state index >= 15 is 0 Å². The van der Waals surface area contributed by atoms with E-state index in [-0.39, 0.29) is 0 Å². The van der Waals surface area contributed by atoms with Crippen molar-refractivity contribution in [2.45, 2.75) is 13.8 Å². The van der Waals surface area contributed by atoms with Gasteiger partial charge >= 0.3 is 0 Å². The van der Waals surface area contributed by atoms with Gasteiger partial charge in [0.1, 0.15) is 0 Å². The molecule has 0 aliphatic carbocycles. The van der Waals surface area contributed by atoms with Gasteiger partial charge in [-0.05, 0) is 56.3 Å². The second-order valence-electron chi connectivity index (χ2n) is 11.0. The smallest absolute Gasteiger partial charge is 0.0998 e. The molecule has 4 nitrogen and oxygen atoms in total. The summed E-state index contributed by atoms with van der Waals surface area (Å²) >= 11 is 0. The fourth-order valence-corrected chi connectivity index (χ4v) is 6.55. The monoisotopic (exact) mass is 538 g/mol. The molecule has 0 saturated heterocycles. The van der Waals surface area contributed by atoms with Crippen molar-refractivity contribution in [2.24, 2.45) is 0 Å². The first kappa shape index (κ1) is 24.2. The van der Waals surface area contributed by atoms with Gasteiger partial charge in [0.05, 0.1) is 57.5 Å². The zero-order chi connectivity index (χ0) is 28.4. The molecular formula is C38H26N4. The molecule has 0 aliphatic heterocycles. The molecule has 8 aromatic rings. The van der Waals surface area contributed by atoms with E-state index in [1.54, 1.807) is 0 Å². The van der Waals surface area contributed by atoms with E-state index in [0.717, 1.165) is 44.6 Å². The molecule has 198 valence electrons. The molecule has 0 unspecified atom stereocenters. The first-order valence-electron chi connectivity index (χ1n) is 14.1. The first-order chi connectivity index (χ1) is 20.6. The summed E-state index contributed by atoms with van der Waals surface area (Å²) in [4.78, 5) is 4.88. The number of pyridine rings is 1. The second-order valence-corrected chi connectivity index (χ2v) is 11.0. The quantitative estimate of drug-likeness (QED) is 0.225. The van der Waals surface area contributed by atoms with E-state index in [1.807, 2.05) is 30.6 Å². The summed E-state index contributed by atoms with van der Waals surface area (Å²) < 4.78 is 4.62. The van der Waals surface area contributed by atoms with Crippen LogP contribution in [0.25, 0.3) is 66.1 Å². The number of nitrogens with zero attached hydrogens (tertiary/aromatic N) is 4. The van der Waals surface area contributed by atoms with Crippen LogP contribution < -0.4 is 0 Å². The maximum absolute atomic E-state index is 10.3. The molecule has 5 aromatic carbocycles. The predicted molar refractivity (Wildman–Crippen MR) is 173 cm³/mol. The Morgan fingerprint density at radius 1 is 0.548 bits per heavy atom. The topological polar surface area (TPSA) is 46.5 Å². The molecule has 3 heterocycles. The SMILES string of the molecule is Cc1ccc2c(c1)c1ccccc1n2-c1cncc(-n2c3ccccc3c3cc(C)ccc32)c1-c1ccccc1C#N. The zero-order valence-corrected chi connectivity index (χ0v) is 23.3. The molecule has 0 amide bonds. The van der Waals surface area contributed by atoms with Crippen molar-refractivity contribution in [3.63, 3.8) is 0 Å². The maximum Gasteiger partial charge on any atom is 0.0998 e. The van der Waals surface area contributed by atoms with E-state index in [0.29, 0.717) is 5.56 Å². The summed E-state index contributed by atoms with van der Waals surface area (Å²) in [7, 11) is 0. The molecule has 4 heteroatoms. The van der Waals surface area contributed by atoms with Crippen LogP contribution >= 0.6 is 0 Å². The Balaban J connectivity index is 1.58. The lowest BCUT2D eigenvalue weighted by molar-refractivity contribution is 1.09. The number of aryl methyl sites for hydroxylation is 2. The summed E-state index contributed by atoms with van der Waals surface area (Å²) in [5, 5.41) is 15.1. The highest BCUT2D eigenvalue weighted by molar-refractivity contribution is 6.12. The Labute approximate surface area is 243 Å². The Morgan fingerprint density at radius 2 is 1.02 bits per heavy atom. The lowest BCUT2D eigenvalue weighted by Gasteiger charge is -2.20. The Morgan fingerprint density at radius 3 is 1.57 bits per heavy atom. The third kappa shape index (κ3) is 3.44. The van der Waals surface area contributed by atoms with Gasteiger partial charge in [0.2, 0.25) is 0 Å². The standard InChI is InChI=1S/C38H26N4/c1-24-15-17-34-30(19-24)28-11-5-7-13-32(28)41(34)36-22-40-23-37(38(36)27-10-4-3-9-26(27)21-39)42-33-14-8-6-12-29(33)31-20-25(2)16-18-35(31)42/h3-20,22-23H,1-2H3. The van der Waals surface area contributed by atoms with E-state index in [4.69, 9.17) is 4.98 Å². The summed E-state index contributed by atoms with van der Waals surface area (Å²) in [5.41, 5.74) is 11.2. The lowest BCUT2D eigenvalue weighted by atomic mass is 9.97. The molecule has 0 radical (unpaired) electrons. The Bertz CT molecular complexity index is 2260. The first-order valence-corrected chi connectivity index (χ1v) is 14.1. The van der Waals surface area contributed by atoms with Gasteiger partial charge < -0.3 is 9.13 Å². The van der Waals surface area contributed by atoms with E-state index in [9.17, 15) is 5.26 Å². The molecule has 0 saturated carbocycles. The fraction of sp³-hybridized carbons (Fsp3) is 0.0526. The van der Waals surface area contributed by atoms with Crippen molar-refractivity contribution in [1.29, 1.82) is 5.26 Å². The van der Waals surface area contributed by atoms with Crippen LogP contribution in [0, 0.1) is 25.2 Å². The number of benzene rings is 5. The maximum atomic E-state index is 10.3. The van der Waals surface area contributed by atoms with Crippen LogP contribution in [0.5, 0.6) is 0 Å². The van der Waals surface area contributed by atoms with Crippen molar-refractivity contribution in [2.75, 3.05) is 0 Å². The van der Waals surface area contributed by atoms with Crippen molar-refractivity contribution in [1.82, 2.24) is 14.1 Å². The van der Waals surface area contributed by atoms with Crippen LogP contribution in [0.2, 0.25) is 0 Å². The molecule has 0 atom stereocenters. The van der Waals surface area contributed by atoms with Crippen LogP contribution in [0.15, 0.2) is 122 Å². The fourth-order valence-electron chi connectivity index (χ4n) is 6.55. The highest BCUT2D eigenvalue weighted by Crippen LogP contribution is 2.42. The number of aromatic nitrogens is 3. The number of fused-ring (bicyclic) bond motifs is 6. The van der Waals surface area contributed by atoms with Crippen molar-refractivity contribution in [3.8, 4) is 28.6 Å². The number of rotatable bonds is 3. The van der Waals surface area contributed by atoms with Crippen molar-refractivity contribution >= 4 is 43.6 Å². The van der Waals surface area contributed by atoms with Crippen molar-refractivity contribution in [3.05, 3.63) is 138 Å². The van der Waals surface area contributed by atoms with Crippen LogP contribution in [-0.2, 0) is 0 Å². The Kier molecular flexibility index (Phi) is 5.29. The second kappa shape index (κ2) is 9.19. The molecular weight excluding hydrogens is 512 g/mol. The average Bonchev–Trinajstić information content (AvgIpc) is 3.52. The highest BCUT2D eigenvalue weighted by atomic mass is 15.0. The van der Waals surface area contributed by atoms with Gasteiger partial charge in [0.25, 0.3) is 0 Å². The molecule has 42 heavy (non-hydrogen) atoms. The molecule has 0 aliphatic rings. The number of hydrogen-bond acceptors (Lipinski definition) is 2. The number of hydrogen-bond donors (Lipinski definition) is 0. The largest absolute Gasteiger partial charge is 0.307 e. The van der Waals surface area contributed by atoms with Crippen LogP contribution in [-0.4, -0.2) is 14.1 Å². The van der Waals surface area contributed by atoms with Gasteiger partial charge in [-0.1, -0.05) is 77.9 Å². The van der Waals surface area contributed by atoms with Crippen LogP contribution in [0.3, 0.4) is 0 Å². The molecule has 0 bridgehead atoms. The third-order valence-corrected chi connectivity index (χ3v) is 8.36.